The molecule has 1 aromatic heterocycles. The number of fused-ring (bicyclic) bond motifs is 1. The highest BCUT2D eigenvalue weighted by molar-refractivity contribution is 6.46. The van der Waals surface area contributed by atoms with Crippen LogP contribution >= 0.6 is 0 Å². The van der Waals surface area contributed by atoms with Crippen molar-refractivity contribution in [3.05, 3.63) is 101 Å². The van der Waals surface area contributed by atoms with E-state index in [0.29, 0.717) is 22.6 Å². The second kappa shape index (κ2) is 9.02. The van der Waals surface area contributed by atoms with E-state index in [-0.39, 0.29) is 17.9 Å². The number of ether oxygens (including phenoxy) is 2. The number of carbonyl (C=O) groups excluding carboxylic acids is 2. The van der Waals surface area contributed by atoms with Crippen molar-refractivity contribution in [2.75, 3.05) is 14.2 Å². The van der Waals surface area contributed by atoms with Crippen molar-refractivity contribution in [1.82, 2.24) is 9.88 Å². The fraction of sp³-hybridized carbons (Fsp3) is 0.143. The minimum absolute atomic E-state index is 0.0131. The Balaban J connectivity index is 1.73. The first-order valence-electron chi connectivity index (χ1n) is 11.1. The van der Waals surface area contributed by atoms with Crippen LogP contribution in [0.15, 0.2) is 84.6 Å². The first-order valence-corrected chi connectivity index (χ1v) is 11.1. The van der Waals surface area contributed by atoms with E-state index in [1.54, 1.807) is 37.6 Å². The van der Waals surface area contributed by atoms with Crippen molar-refractivity contribution in [3.63, 3.8) is 0 Å². The number of amides is 1. The minimum Gasteiger partial charge on any atom is -0.507 e. The number of rotatable bonds is 6. The molecule has 1 amide bonds. The third-order valence-electron chi connectivity index (χ3n) is 6.35. The molecule has 0 spiro atoms. The second-order valence-corrected chi connectivity index (χ2v) is 8.23. The number of nitrogens with one attached hydrogen (secondary N) is 1. The minimum atomic E-state index is -0.819. The molecule has 1 saturated heterocycles. The van der Waals surface area contributed by atoms with Gasteiger partial charge in [0.1, 0.15) is 17.3 Å². The van der Waals surface area contributed by atoms with Crippen molar-refractivity contribution in [3.8, 4) is 11.5 Å². The third kappa shape index (κ3) is 3.71. The summed E-state index contributed by atoms with van der Waals surface area (Å²) in [5.41, 5.74) is 2.68. The van der Waals surface area contributed by atoms with Crippen molar-refractivity contribution in [2.45, 2.75) is 12.6 Å². The molecule has 0 radical (unpaired) electrons. The van der Waals surface area contributed by atoms with Gasteiger partial charge in [0.2, 0.25) is 0 Å². The number of nitrogens with zero attached hydrogens (tertiary/aromatic N) is 1. The average molecular weight is 469 g/mol. The standard InChI is InChI=1S/C28H24N2O5/c1-34-22-13-7-3-9-17(22)16-30-25(20-15-29-21-12-6-4-10-18(20)21)24(27(32)28(30)33)26(31)19-11-5-8-14-23(19)35-2/h3-15,25,29,31H,16H2,1-2H3/b26-24+. The summed E-state index contributed by atoms with van der Waals surface area (Å²) in [6.45, 7) is 0.126. The number of aliphatic hydroxyl groups excluding tert-OH is 1. The molecule has 176 valence electrons. The zero-order valence-corrected chi connectivity index (χ0v) is 19.3. The van der Waals surface area contributed by atoms with Crippen LogP contribution in [-0.2, 0) is 16.1 Å². The van der Waals surface area contributed by atoms with Gasteiger partial charge in [0.05, 0.1) is 37.9 Å². The highest BCUT2D eigenvalue weighted by atomic mass is 16.5. The molecular formula is C28H24N2O5. The van der Waals surface area contributed by atoms with Crippen LogP contribution in [0, 0.1) is 0 Å². The summed E-state index contributed by atoms with van der Waals surface area (Å²) in [5, 5.41) is 12.3. The molecule has 4 aromatic rings. The zero-order valence-electron chi connectivity index (χ0n) is 19.3. The first-order chi connectivity index (χ1) is 17.0. The van der Waals surface area contributed by atoms with Gasteiger partial charge < -0.3 is 24.5 Å². The average Bonchev–Trinajstić information content (AvgIpc) is 3.43. The lowest BCUT2D eigenvalue weighted by atomic mass is 9.94. The van der Waals surface area contributed by atoms with Crippen LogP contribution in [0.1, 0.15) is 22.7 Å². The van der Waals surface area contributed by atoms with Crippen LogP contribution < -0.4 is 9.47 Å². The van der Waals surface area contributed by atoms with Crippen molar-refractivity contribution in [1.29, 1.82) is 0 Å². The smallest absolute Gasteiger partial charge is 0.295 e. The number of ketones is 1. The number of hydrogen-bond donors (Lipinski definition) is 2. The van der Waals surface area contributed by atoms with Crippen molar-refractivity contribution < 1.29 is 24.2 Å². The van der Waals surface area contributed by atoms with E-state index in [0.717, 1.165) is 16.5 Å². The lowest BCUT2D eigenvalue weighted by Crippen LogP contribution is -2.29. The van der Waals surface area contributed by atoms with E-state index < -0.39 is 17.7 Å². The quantitative estimate of drug-likeness (QED) is 0.241. The number of para-hydroxylation sites is 3. The Morgan fingerprint density at radius 1 is 0.914 bits per heavy atom. The molecule has 2 heterocycles. The maximum Gasteiger partial charge on any atom is 0.295 e. The second-order valence-electron chi connectivity index (χ2n) is 8.23. The molecule has 7 heteroatoms. The number of aromatic amines is 1. The SMILES string of the molecule is COc1ccccc1CN1C(=O)C(=O)/C(=C(/O)c2ccccc2OC)C1c1c[nH]c2ccccc12. The van der Waals surface area contributed by atoms with Crippen LogP contribution in [0.4, 0.5) is 0 Å². The Bertz CT molecular complexity index is 1470. The Kier molecular flexibility index (Phi) is 5.74. The molecule has 0 saturated carbocycles. The predicted molar refractivity (Wildman–Crippen MR) is 132 cm³/mol. The Morgan fingerprint density at radius 2 is 1.57 bits per heavy atom. The van der Waals surface area contributed by atoms with Gasteiger partial charge in [-0.2, -0.15) is 0 Å². The van der Waals surface area contributed by atoms with Crippen LogP contribution in [-0.4, -0.2) is 40.9 Å². The Labute approximate surface area is 202 Å². The number of likely N-dealkylation sites (tertiary alicyclic amines) is 1. The lowest BCUT2D eigenvalue weighted by Gasteiger charge is -2.25. The van der Waals surface area contributed by atoms with E-state index in [1.165, 1.54) is 12.0 Å². The van der Waals surface area contributed by atoms with E-state index in [1.807, 2.05) is 48.5 Å². The maximum absolute atomic E-state index is 13.4. The number of aliphatic hydroxyl groups is 1. The van der Waals surface area contributed by atoms with Crippen LogP contribution in [0.3, 0.4) is 0 Å². The number of aromatic nitrogens is 1. The fourth-order valence-corrected chi connectivity index (χ4v) is 4.69. The van der Waals surface area contributed by atoms with Gasteiger partial charge in [0, 0.05) is 28.2 Å². The number of benzene rings is 3. The highest BCUT2D eigenvalue weighted by Gasteiger charge is 2.47. The molecule has 1 unspecified atom stereocenters. The topological polar surface area (TPSA) is 91.9 Å². The number of carbonyl (C=O) groups is 2. The summed E-state index contributed by atoms with van der Waals surface area (Å²) in [7, 11) is 3.05. The molecule has 1 aliphatic heterocycles. The van der Waals surface area contributed by atoms with Gasteiger partial charge in [-0.3, -0.25) is 9.59 Å². The number of H-pyrrole nitrogens is 1. The first kappa shape index (κ1) is 22.3. The molecule has 35 heavy (non-hydrogen) atoms. The van der Waals surface area contributed by atoms with Gasteiger partial charge >= 0.3 is 0 Å². The molecule has 1 fully saturated rings. The van der Waals surface area contributed by atoms with Gasteiger partial charge in [-0.1, -0.05) is 48.5 Å². The van der Waals surface area contributed by atoms with E-state index in [9.17, 15) is 14.7 Å². The zero-order chi connectivity index (χ0) is 24.5. The summed E-state index contributed by atoms with van der Waals surface area (Å²) in [5.74, 6) is -0.713. The van der Waals surface area contributed by atoms with Gasteiger partial charge in [-0.05, 0) is 24.3 Å². The predicted octanol–water partition coefficient (Wildman–Crippen LogP) is 4.81. The Morgan fingerprint density at radius 3 is 2.34 bits per heavy atom. The fourth-order valence-electron chi connectivity index (χ4n) is 4.69. The van der Waals surface area contributed by atoms with E-state index >= 15 is 0 Å². The molecule has 0 aliphatic carbocycles. The summed E-state index contributed by atoms with van der Waals surface area (Å²) < 4.78 is 10.9. The summed E-state index contributed by atoms with van der Waals surface area (Å²) in [6.07, 6.45) is 1.78. The van der Waals surface area contributed by atoms with E-state index in [4.69, 9.17) is 9.47 Å². The summed E-state index contributed by atoms with van der Waals surface area (Å²) in [6, 6.07) is 21.0. The molecule has 2 N–H and O–H groups in total. The third-order valence-corrected chi connectivity index (χ3v) is 6.35. The maximum atomic E-state index is 13.4. The normalized spacial score (nSPS) is 17.2. The van der Waals surface area contributed by atoms with E-state index in [2.05, 4.69) is 4.98 Å². The molecular weight excluding hydrogens is 444 g/mol. The monoisotopic (exact) mass is 468 g/mol. The number of methoxy groups -OCH3 is 2. The summed E-state index contributed by atoms with van der Waals surface area (Å²) >= 11 is 0. The number of Topliss-reactive ketones (excluding diaryl/α,β-unsaturated/α-hetero) is 1. The Hall–Kier alpha value is -4.52. The van der Waals surface area contributed by atoms with Crippen LogP contribution in [0.2, 0.25) is 0 Å². The highest BCUT2D eigenvalue weighted by Crippen LogP contribution is 2.44. The van der Waals surface area contributed by atoms with Crippen molar-refractivity contribution in [2.24, 2.45) is 0 Å². The van der Waals surface area contributed by atoms with Gasteiger partial charge in [0.25, 0.3) is 11.7 Å². The largest absolute Gasteiger partial charge is 0.507 e. The van der Waals surface area contributed by atoms with Gasteiger partial charge in [-0.25, -0.2) is 0 Å². The molecule has 1 aliphatic rings. The molecule has 0 bridgehead atoms. The molecule has 1 atom stereocenters. The summed E-state index contributed by atoms with van der Waals surface area (Å²) in [4.78, 5) is 31.5. The van der Waals surface area contributed by atoms with Crippen LogP contribution in [0.5, 0.6) is 11.5 Å². The van der Waals surface area contributed by atoms with Crippen LogP contribution in [0.25, 0.3) is 16.7 Å². The number of hydrogen-bond acceptors (Lipinski definition) is 5. The molecule has 7 nitrogen and oxygen atoms in total. The van der Waals surface area contributed by atoms with Crippen molar-refractivity contribution >= 4 is 28.4 Å². The lowest BCUT2D eigenvalue weighted by molar-refractivity contribution is -0.140. The molecule has 5 rings (SSSR count). The molecule has 3 aromatic carbocycles. The van der Waals surface area contributed by atoms with Gasteiger partial charge in [0.15, 0.2) is 0 Å². The van der Waals surface area contributed by atoms with Gasteiger partial charge in [-0.15, -0.1) is 0 Å².